The normalized spacial score (nSPS) is 10.6. The summed E-state index contributed by atoms with van der Waals surface area (Å²) in [6.07, 6.45) is 0. The number of methoxy groups -OCH3 is 2. The smallest absolute Gasteiger partial charge is 0.251 e. The third-order valence-electron chi connectivity index (χ3n) is 3.73. The van der Waals surface area contributed by atoms with Crippen LogP contribution < -0.4 is 19.7 Å². The van der Waals surface area contributed by atoms with E-state index in [1.54, 1.807) is 12.1 Å². The van der Waals surface area contributed by atoms with E-state index in [1.165, 1.54) is 24.7 Å². The van der Waals surface area contributed by atoms with Crippen LogP contribution in [0.2, 0.25) is 5.02 Å². The van der Waals surface area contributed by atoms with Crippen molar-refractivity contribution < 1.29 is 19.2 Å². The van der Waals surface area contributed by atoms with Crippen LogP contribution in [-0.2, 0) is 13.1 Å². The molecule has 0 saturated heterocycles. The quantitative estimate of drug-likeness (QED) is 0.790. The van der Waals surface area contributed by atoms with Gasteiger partial charge in [-0.15, -0.1) is 0 Å². The zero-order valence-electron chi connectivity index (χ0n) is 15.0. The second kappa shape index (κ2) is 8.74. The van der Waals surface area contributed by atoms with E-state index in [9.17, 15) is 4.79 Å². The van der Waals surface area contributed by atoms with E-state index in [-0.39, 0.29) is 5.91 Å². The van der Waals surface area contributed by atoms with E-state index in [0.717, 1.165) is 12.1 Å². The SMILES string of the molecule is COc1cc(C(=O)NCc2ccc(C[NH+](C)C)cc2)cc(Cl)c1OC. The lowest BCUT2D eigenvalue weighted by atomic mass is 10.1. The standard InChI is InChI=1S/C19H23ClN2O3/c1-22(2)12-14-7-5-13(6-8-14)11-21-19(23)15-9-16(20)18(25-4)17(10-15)24-3/h5-10H,11-12H2,1-4H3,(H,21,23)/p+1. The maximum atomic E-state index is 12.4. The molecule has 0 aliphatic heterocycles. The van der Waals surface area contributed by atoms with Crippen LogP contribution in [-0.4, -0.2) is 34.2 Å². The Labute approximate surface area is 153 Å². The average Bonchev–Trinajstić information content (AvgIpc) is 2.59. The van der Waals surface area contributed by atoms with Gasteiger partial charge < -0.3 is 19.7 Å². The van der Waals surface area contributed by atoms with E-state index >= 15 is 0 Å². The predicted octanol–water partition coefficient (Wildman–Crippen LogP) is 1.93. The highest BCUT2D eigenvalue weighted by atomic mass is 35.5. The van der Waals surface area contributed by atoms with Gasteiger partial charge in [-0.1, -0.05) is 35.9 Å². The lowest BCUT2D eigenvalue weighted by Gasteiger charge is -2.12. The summed E-state index contributed by atoms with van der Waals surface area (Å²) in [4.78, 5) is 13.7. The molecule has 0 spiro atoms. The van der Waals surface area contributed by atoms with Gasteiger partial charge in [0.05, 0.1) is 33.3 Å². The molecule has 0 atom stereocenters. The van der Waals surface area contributed by atoms with E-state index < -0.39 is 0 Å². The summed E-state index contributed by atoms with van der Waals surface area (Å²) in [5.74, 6) is 0.625. The second-order valence-corrected chi connectivity index (χ2v) is 6.48. The van der Waals surface area contributed by atoms with Gasteiger partial charge in [0.25, 0.3) is 5.91 Å². The molecule has 0 aliphatic rings. The molecule has 5 nitrogen and oxygen atoms in total. The molecule has 134 valence electrons. The molecule has 25 heavy (non-hydrogen) atoms. The van der Waals surface area contributed by atoms with Crippen molar-refractivity contribution in [2.75, 3.05) is 28.3 Å². The molecular formula is C19H24ClN2O3+. The van der Waals surface area contributed by atoms with Crippen LogP contribution in [0, 0.1) is 0 Å². The van der Waals surface area contributed by atoms with Crippen LogP contribution in [0.15, 0.2) is 36.4 Å². The molecule has 2 N–H and O–H groups in total. The number of nitrogens with one attached hydrogen (secondary N) is 2. The van der Waals surface area contributed by atoms with E-state index in [0.29, 0.717) is 28.6 Å². The first-order chi connectivity index (χ1) is 11.9. The fourth-order valence-corrected chi connectivity index (χ4v) is 2.80. The number of rotatable bonds is 7. The molecular weight excluding hydrogens is 340 g/mol. The van der Waals surface area contributed by atoms with Crippen molar-refractivity contribution in [1.29, 1.82) is 0 Å². The van der Waals surface area contributed by atoms with E-state index in [1.807, 2.05) is 12.1 Å². The Balaban J connectivity index is 2.04. The predicted molar refractivity (Wildman–Crippen MR) is 98.7 cm³/mol. The Bertz CT molecular complexity index is 730. The highest BCUT2D eigenvalue weighted by molar-refractivity contribution is 6.32. The monoisotopic (exact) mass is 363 g/mol. The number of halogens is 1. The number of benzene rings is 2. The maximum Gasteiger partial charge on any atom is 0.251 e. The number of ether oxygens (including phenoxy) is 2. The molecule has 0 aromatic heterocycles. The zero-order chi connectivity index (χ0) is 18.4. The van der Waals surface area contributed by atoms with Crippen LogP contribution in [0.25, 0.3) is 0 Å². The molecule has 0 heterocycles. The number of quaternary nitrogens is 1. The Kier molecular flexibility index (Phi) is 6.67. The van der Waals surface area contributed by atoms with Crippen molar-refractivity contribution in [2.45, 2.75) is 13.1 Å². The van der Waals surface area contributed by atoms with Crippen molar-refractivity contribution in [2.24, 2.45) is 0 Å². The van der Waals surface area contributed by atoms with Gasteiger partial charge in [-0.3, -0.25) is 4.79 Å². The minimum atomic E-state index is -0.218. The summed E-state index contributed by atoms with van der Waals surface area (Å²) in [7, 11) is 7.24. The topological polar surface area (TPSA) is 52.0 Å². The molecule has 0 radical (unpaired) electrons. The third kappa shape index (κ3) is 5.11. The number of hydrogen-bond donors (Lipinski definition) is 2. The Morgan fingerprint density at radius 1 is 1.08 bits per heavy atom. The van der Waals surface area contributed by atoms with Gasteiger partial charge in [-0.25, -0.2) is 0 Å². The summed E-state index contributed by atoms with van der Waals surface area (Å²) in [5, 5.41) is 3.23. The lowest BCUT2D eigenvalue weighted by Crippen LogP contribution is -3.04. The van der Waals surface area contributed by atoms with Crippen molar-refractivity contribution in [3.8, 4) is 11.5 Å². The minimum Gasteiger partial charge on any atom is -0.493 e. The van der Waals surface area contributed by atoms with E-state index in [4.69, 9.17) is 21.1 Å². The fraction of sp³-hybridized carbons (Fsp3) is 0.316. The van der Waals surface area contributed by atoms with Gasteiger partial charge in [0.15, 0.2) is 11.5 Å². The largest absolute Gasteiger partial charge is 0.493 e. The van der Waals surface area contributed by atoms with Crippen LogP contribution in [0.3, 0.4) is 0 Å². The summed E-state index contributed by atoms with van der Waals surface area (Å²) in [5.41, 5.74) is 2.73. The van der Waals surface area contributed by atoms with Crippen molar-refractivity contribution in [3.05, 3.63) is 58.1 Å². The third-order valence-corrected chi connectivity index (χ3v) is 4.01. The van der Waals surface area contributed by atoms with Crippen LogP contribution in [0.4, 0.5) is 0 Å². The summed E-state index contributed by atoms with van der Waals surface area (Å²) in [6, 6.07) is 11.4. The second-order valence-electron chi connectivity index (χ2n) is 6.08. The zero-order valence-corrected chi connectivity index (χ0v) is 15.7. The highest BCUT2D eigenvalue weighted by Gasteiger charge is 2.15. The molecule has 0 unspecified atom stereocenters. The van der Waals surface area contributed by atoms with Crippen LogP contribution >= 0.6 is 11.6 Å². The number of carbonyl (C=O) groups is 1. The van der Waals surface area contributed by atoms with E-state index in [2.05, 4.69) is 31.5 Å². The molecule has 2 aromatic carbocycles. The van der Waals surface area contributed by atoms with Gasteiger partial charge in [0, 0.05) is 17.7 Å². The minimum absolute atomic E-state index is 0.218. The first-order valence-corrected chi connectivity index (χ1v) is 8.39. The average molecular weight is 364 g/mol. The van der Waals surface area contributed by atoms with Gasteiger partial charge in [0.1, 0.15) is 6.54 Å². The molecule has 0 fully saturated rings. The molecule has 1 amide bonds. The number of amides is 1. The molecule has 6 heteroatoms. The van der Waals surface area contributed by atoms with Crippen LogP contribution in [0.1, 0.15) is 21.5 Å². The molecule has 0 aliphatic carbocycles. The van der Waals surface area contributed by atoms with Gasteiger partial charge in [-0.2, -0.15) is 0 Å². The number of carbonyl (C=O) groups excluding carboxylic acids is 1. The van der Waals surface area contributed by atoms with Gasteiger partial charge in [-0.05, 0) is 17.7 Å². The first-order valence-electron chi connectivity index (χ1n) is 8.01. The van der Waals surface area contributed by atoms with Gasteiger partial charge in [0.2, 0.25) is 0 Å². The molecule has 2 aromatic rings. The van der Waals surface area contributed by atoms with Crippen LogP contribution in [0.5, 0.6) is 11.5 Å². The first kappa shape index (κ1) is 19.1. The van der Waals surface area contributed by atoms with Crippen molar-refractivity contribution in [3.63, 3.8) is 0 Å². The van der Waals surface area contributed by atoms with Crippen molar-refractivity contribution in [1.82, 2.24) is 5.32 Å². The molecule has 0 bridgehead atoms. The summed E-state index contributed by atoms with van der Waals surface area (Å²) < 4.78 is 10.4. The summed E-state index contributed by atoms with van der Waals surface area (Å²) in [6.45, 7) is 1.41. The summed E-state index contributed by atoms with van der Waals surface area (Å²) >= 11 is 6.15. The maximum absolute atomic E-state index is 12.4. The Morgan fingerprint density at radius 2 is 1.72 bits per heavy atom. The molecule has 2 rings (SSSR count). The van der Waals surface area contributed by atoms with Crippen molar-refractivity contribution >= 4 is 17.5 Å². The lowest BCUT2D eigenvalue weighted by molar-refractivity contribution is -0.872. The Hall–Kier alpha value is -2.24. The number of hydrogen-bond acceptors (Lipinski definition) is 3. The van der Waals surface area contributed by atoms with Gasteiger partial charge >= 0.3 is 0 Å². The Morgan fingerprint density at radius 3 is 2.28 bits per heavy atom. The highest BCUT2D eigenvalue weighted by Crippen LogP contribution is 2.35. The fourth-order valence-electron chi connectivity index (χ4n) is 2.52. The molecule has 0 saturated carbocycles.